The van der Waals surface area contributed by atoms with Gasteiger partial charge in [-0.05, 0) is 25.7 Å². The molecular weight excluding hydrogens is 302 g/mol. The Balaban J connectivity index is 1.64. The third-order valence-electron chi connectivity index (χ3n) is 4.52. The molecule has 2 aliphatic rings. The Bertz CT molecular complexity index is 573. The zero-order chi connectivity index (χ0) is 15.4. The van der Waals surface area contributed by atoms with Gasteiger partial charge in [-0.1, -0.05) is 19.3 Å². The number of piperidine rings is 1. The predicted octanol–water partition coefficient (Wildman–Crippen LogP) is 1.98. The Hall–Kier alpha value is -1.21. The van der Waals surface area contributed by atoms with E-state index in [2.05, 4.69) is 9.97 Å². The van der Waals surface area contributed by atoms with Crippen molar-refractivity contribution >= 4 is 10.0 Å². The van der Waals surface area contributed by atoms with E-state index in [0.29, 0.717) is 19.0 Å². The monoisotopic (exact) mass is 325 g/mol. The van der Waals surface area contributed by atoms with Crippen molar-refractivity contribution in [1.82, 2.24) is 14.3 Å². The molecule has 1 unspecified atom stereocenters. The lowest BCUT2D eigenvalue weighted by Crippen LogP contribution is -2.48. The third kappa shape index (κ3) is 3.57. The zero-order valence-electron chi connectivity index (χ0n) is 12.7. The van der Waals surface area contributed by atoms with Crippen molar-refractivity contribution in [2.75, 3.05) is 13.1 Å². The lowest BCUT2D eigenvalue weighted by molar-refractivity contribution is 0.123. The standard InChI is InChI=1S/C15H23N3O3S/c19-22(20,14-6-2-1-3-7-14)18-10-4-5-13(11-18)21-15-8-9-16-12-17-15/h8-9,12-14H,1-7,10-11H2. The Morgan fingerprint density at radius 1 is 1.14 bits per heavy atom. The Morgan fingerprint density at radius 2 is 1.95 bits per heavy atom. The Kier molecular flexibility index (Phi) is 4.93. The van der Waals surface area contributed by atoms with Crippen molar-refractivity contribution in [2.24, 2.45) is 0 Å². The number of sulfonamides is 1. The van der Waals surface area contributed by atoms with E-state index in [4.69, 9.17) is 4.74 Å². The molecule has 0 N–H and O–H groups in total. The number of hydrogen-bond acceptors (Lipinski definition) is 5. The molecule has 2 fully saturated rings. The first-order valence-electron chi connectivity index (χ1n) is 8.08. The lowest BCUT2D eigenvalue weighted by atomic mass is 10.0. The molecule has 6 nitrogen and oxygen atoms in total. The van der Waals surface area contributed by atoms with Gasteiger partial charge in [0.25, 0.3) is 0 Å². The molecule has 0 spiro atoms. The Morgan fingerprint density at radius 3 is 2.68 bits per heavy atom. The molecule has 0 bridgehead atoms. The molecule has 1 aliphatic carbocycles. The summed E-state index contributed by atoms with van der Waals surface area (Å²) in [5.41, 5.74) is 0. The van der Waals surface area contributed by atoms with Crippen LogP contribution in [0.1, 0.15) is 44.9 Å². The maximum Gasteiger partial charge on any atom is 0.217 e. The maximum absolute atomic E-state index is 12.8. The van der Waals surface area contributed by atoms with Gasteiger partial charge < -0.3 is 4.74 Å². The first kappa shape index (κ1) is 15.7. The molecule has 2 heterocycles. The molecule has 1 aromatic rings. The van der Waals surface area contributed by atoms with Crippen LogP contribution in [-0.2, 0) is 10.0 Å². The third-order valence-corrected chi connectivity index (χ3v) is 6.88. The van der Waals surface area contributed by atoms with Gasteiger partial charge in [0.15, 0.2) is 0 Å². The van der Waals surface area contributed by atoms with E-state index in [0.717, 1.165) is 44.9 Å². The number of rotatable bonds is 4. The van der Waals surface area contributed by atoms with Crippen LogP contribution in [0.15, 0.2) is 18.6 Å². The van der Waals surface area contributed by atoms with E-state index < -0.39 is 10.0 Å². The minimum absolute atomic E-state index is 0.123. The second kappa shape index (κ2) is 6.91. The molecule has 3 rings (SSSR count). The number of hydrogen-bond donors (Lipinski definition) is 0. The molecule has 0 amide bonds. The normalized spacial score (nSPS) is 25.0. The van der Waals surface area contributed by atoms with Crippen LogP contribution in [0.3, 0.4) is 0 Å². The topological polar surface area (TPSA) is 72.4 Å². The second-order valence-corrected chi connectivity index (χ2v) is 8.31. The van der Waals surface area contributed by atoms with Crippen molar-refractivity contribution in [3.05, 3.63) is 18.6 Å². The molecule has 0 aromatic carbocycles. The van der Waals surface area contributed by atoms with E-state index in [-0.39, 0.29) is 11.4 Å². The molecule has 22 heavy (non-hydrogen) atoms. The summed E-state index contributed by atoms with van der Waals surface area (Å²) in [6.07, 6.45) is 9.45. The molecule has 122 valence electrons. The molecule has 7 heteroatoms. The summed E-state index contributed by atoms with van der Waals surface area (Å²) < 4.78 is 33.0. The quantitative estimate of drug-likeness (QED) is 0.846. The highest BCUT2D eigenvalue weighted by Crippen LogP contribution is 2.28. The van der Waals surface area contributed by atoms with Gasteiger partial charge in [-0.15, -0.1) is 0 Å². The summed E-state index contributed by atoms with van der Waals surface area (Å²) in [4.78, 5) is 7.91. The lowest BCUT2D eigenvalue weighted by Gasteiger charge is -2.35. The number of ether oxygens (including phenoxy) is 1. The summed E-state index contributed by atoms with van der Waals surface area (Å²) in [6, 6.07) is 1.70. The highest BCUT2D eigenvalue weighted by atomic mass is 32.2. The van der Waals surface area contributed by atoms with Crippen LogP contribution in [0.25, 0.3) is 0 Å². The Labute approximate surface area is 132 Å². The molecule has 1 saturated carbocycles. The van der Waals surface area contributed by atoms with Gasteiger partial charge in [-0.3, -0.25) is 0 Å². The van der Waals surface area contributed by atoms with Crippen LogP contribution >= 0.6 is 0 Å². The van der Waals surface area contributed by atoms with Gasteiger partial charge in [0.1, 0.15) is 12.4 Å². The average molecular weight is 325 g/mol. The maximum atomic E-state index is 12.8. The summed E-state index contributed by atoms with van der Waals surface area (Å²) in [5, 5.41) is -0.195. The van der Waals surface area contributed by atoms with Crippen molar-refractivity contribution < 1.29 is 13.2 Å². The van der Waals surface area contributed by atoms with Gasteiger partial charge in [0.05, 0.1) is 11.8 Å². The number of aromatic nitrogens is 2. The molecule has 1 aromatic heterocycles. The fourth-order valence-electron chi connectivity index (χ4n) is 3.33. The van der Waals surface area contributed by atoms with Crippen LogP contribution < -0.4 is 4.74 Å². The zero-order valence-corrected chi connectivity index (χ0v) is 13.5. The highest BCUT2D eigenvalue weighted by molar-refractivity contribution is 7.89. The number of nitrogens with zero attached hydrogens (tertiary/aromatic N) is 3. The SMILES string of the molecule is O=S(=O)(C1CCCCC1)N1CCCC(Oc2ccncn2)C1. The van der Waals surface area contributed by atoms with Crippen LogP contribution in [-0.4, -0.2) is 47.1 Å². The first-order valence-corrected chi connectivity index (χ1v) is 9.58. The van der Waals surface area contributed by atoms with E-state index in [1.165, 1.54) is 6.33 Å². The predicted molar refractivity (Wildman–Crippen MR) is 83.0 cm³/mol. The highest BCUT2D eigenvalue weighted by Gasteiger charge is 2.36. The van der Waals surface area contributed by atoms with Crippen LogP contribution in [0.4, 0.5) is 0 Å². The first-order chi connectivity index (χ1) is 10.7. The fourth-order valence-corrected chi connectivity index (χ4v) is 5.43. The minimum atomic E-state index is -3.19. The van der Waals surface area contributed by atoms with Crippen LogP contribution in [0.2, 0.25) is 0 Å². The van der Waals surface area contributed by atoms with E-state index in [1.54, 1.807) is 16.6 Å². The van der Waals surface area contributed by atoms with Gasteiger partial charge in [0.2, 0.25) is 15.9 Å². The van der Waals surface area contributed by atoms with Crippen molar-refractivity contribution in [1.29, 1.82) is 0 Å². The average Bonchev–Trinajstić information content (AvgIpc) is 2.57. The van der Waals surface area contributed by atoms with Crippen LogP contribution in [0, 0.1) is 0 Å². The van der Waals surface area contributed by atoms with Crippen molar-refractivity contribution in [2.45, 2.75) is 56.3 Å². The van der Waals surface area contributed by atoms with E-state index in [1.807, 2.05) is 0 Å². The van der Waals surface area contributed by atoms with E-state index in [9.17, 15) is 8.42 Å². The largest absolute Gasteiger partial charge is 0.473 e. The summed E-state index contributed by atoms with van der Waals surface area (Å²) in [7, 11) is -3.19. The smallest absolute Gasteiger partial charge is 0.217 e. The molecule has 0 radical (unpaired) electrons. The van der Waals surface area contributed by atoms with Gasteiger partial charge in [-0.25, -0.2) is 18.4 Å². The summed E-state index contributed by atoms with van der Waals surface area (Å²) in [6.45, 7) is 1.05. The van der Waals surface area contributed by atoms with Gasteiger partial charge >= 0.3 is 0 Å². The summed E-state index contributed by atoms with van der Waals surface area (Å²) >= 11 is 0. The summed E-state index contributed by atoms with van der Waals surface area (Å²) in [5.74, 6) is 0.511. The van der Waals surface area contributed by atoms with Gasteiger partial charge in [0, 0.05) is 18.8 Å². The van der Waals surface area contributed by atoms with E-state index >= 15 is 0 Å². The second-order valence-electron chi connectivity index (χ2n) is 6.09. The fraction of sp³-hybridized carbons (Fsp3) is 0.733. The minimum Gasteiger partial charge on any atom is -0.473 e. The van der Waals surface area contributed by atoms with Crippen LogP contribution in [0.5, 0.6) is 5.88 Å². The van der Waals surface area contributed by atoms with Gasteiger partial charge in [-0.2, -0.15) is 4.31 Å². The van der Waals surface area contributed by atoms with Crippen molar-refractivity contribution in [3.8, 4) is 5.88 Å². The molecular formula is C15H23N3O3S. The molecule has 1 atom stereocenters. The molecule has 1 aliphatic heterocycles. The van der Waals surface area contributed by atoms with Crippen molar-refractivity contribution in [3.63, 3.8) is 0 Å². The molecule has 1 saturated heterocycles.